The number of aromatic hydroxyl groups is 1. The van der Waals surface area contributed by atoms with Crippen molar-refractivity contribution in [1.29, 1.82) is 0 Å². The van der Waals surface area contributed by atoms with Gasteiger partial charge in [-0.2, -0.15) is 0 Å². The van der Waals surface area contributed by atoms with Gasteiger partial charge in [0.15, 0.2) is 0 Å². The monoisotopic (exact) mass is 246 g/mol. The molecule has 0 bridgehead atoms. The minimum Gasteiger partial charge on any atom is -0.508 e. The lowest BCUT2D eigenvalue weighted by atomic mass is 9.78. The zero-order valence-corrected chi connectivity index (χ0v) is 10.8. The summed E-state index contributed by atoms with van der Waals surface area (Å²) in [5, 5.41) is 9.50. The number of nitrogens with zero attached hydrogens (tertiary/aromatic N) is 1. The van der Waals surface area contributed by atoms with E-state index in [0.717, 1.165) is 19.0 Å². The highest BCUT2D eigenvalue weighted by atomic mass is 16.3. The van der Waals surface area contributed by atoms with Gasteiger partial charge in [0.2, 0.25) is 0 Å². The number of fused-ring (bicyclic) bond motifs is 1. The van der Waals surface area contributed by atoms with Gasteiger partial charge in [-0.25, -0.2) is 0 Å². The number of hydrogen-bond donors (Lipinski definition) is 2. The van der Waals surface area contributed by atoms with Crippen molar-refractivity contribution < 1.29 is 5.11 Å². The molecule has 1 saturated heterocycles. The van der Waals surface area contributed by atoms with Crippen LogP contribution in [0.4, 0.5) is 0 Å². The van der Waals surface area contributed by atoms with E-state index in [1.165, 1.54) is 31.4 Å². The van der Waals surface area contributed by atoms with Crippen LogP contribution in [-0.4, -0.2) is 29.1 Å². The van der Waals surface area contributed by atoms with Gasteiger partial charge >= 0.3 is 0 Å². The third kappa shape index (κ3) is 2.38. The molecule has 98 valence electrons. The first-order valence-electron chi connectivity index (χ1n) is 6.98. The van der Waals surface area contributed by atoms with Crippen LogP contribution >= 0.6 is 0 Å². The van der Waals surface area contributed by atoms with Crippen LogP contribution in [-0.2, 0) is 6.54 Å². The Balaban J connectivity index is 1.65. The molecule has 1 heterocycles. The van der Waals surface area contributed by atoms with Crippen LogP contribution in [0.25, 0.3) is 0 Å². The summed E-state index contributed by atoms with van der Waals surface area (Å²) < 4.78 is 0. The van der Waals surface area contributed by atoms with Gasteiger partial charge in [-0.3, -0.25) is 4.90 Å². The van der Waals surface area contributed by atoms with Gasteiger partial charge in [0.25, 0.3) is 0 Å². The lowest BCUT2D eigenvalue weighted by Gasteiger charge is -2.29. The first-order valence-corrected chi connectivity index (χ1v) is 6.98. The van der Waals surface area contributed by atoms with Crippen LogP contribution in [0.5, 0.6) is 5.75 Å². The molecule has 2 aliphatic rings. The normalized spacial score (nSPS) is 32.4. The summed E-state index contributed by atoms with van der Waals surface area (Å²) >= 11 is 0. The van der Waals surface area contributed by atoms with Crippen molar-refractivity contribution in [1.82, 2.24) is 4.90 Å². The number of phenols is 1. The van der Waals surface area contributed by atoms with Crippen LogP contribution in [0, 0.1) is 11.8 Å². The molecule has 1 saturated carbocycles. The molecule has 1 aliphatic carbocycles. The molecule has 0 aromatic heterocycles. The van der Waals surface area contributed by atoms with Crippen LogP contribution in [0.15, 0.2) is 24.3 Å². The van der Waals surface area contributed by atoms with Gasteiger partial charge in [0, 0.05) is 25.7 Å². The molecule has 3 nitrogen and oxygen atoms in total. The second-order valence-corrected chi connectivity index (χ2v) is 5.88. The standard InChI is InChI=1S/C15H22N2O/c16-15-6-2-4-12-9-17(10-14(12)15)8-11-3-1-5-13(18)7-11/h1,3,5,7,12,14-15,18H,2,4,6,8-10,16H2. The average Bonchev–Trinajstić information content (AvgIpc) is 2.73. The lowest BCUT2D eigenvalue weighted by Crippen LogP contribution is -2.38. The summed E-state index contributed by atoms with van der Waals surface area (Å²) in [5.74, 6) is 1.85. The maximum atomic E-state index is 9.50. The Bertz CT molecular complexity index is 421. The molecule has 2 fully saturated rings. The van der Waals surface area contributed by atoms with Gasteiger partial charge in [0.05, 0.1) is 0 Å². The summed E-state index contributed by atoms with van der Waals surface area (Å²) in [6.45, 7) is 3.24. The van der Waals surface area contributed by atoms with E-state index in [4.69, 9.17) is 5.73 Å². The highest BCUT2D eigenvalue weighted by molar-refractivity contribution is 5.27. The molecule has 0 radical (unpaired) electrons. The number of hydrogen-bond acceptors (Lipinski definition) is 3. The topological polar surface area (TPSA) is 49.5 Å². The van der Waals surface area contributed by atoms with E-state index in [1.54, 1.807) is 6.07 Å². The summed E-state index contributed by atoms with van der Waals surface area (Å²) in [6, 6.07) is 7.99. The molecular formula is C15H22N2O. The largest absolute Gasteiger partial charge is 0.508 e. The van der Waals surface area contributed by atoms with Gasteiger partial charge in [-0.1, -0.05) is 18.6 Å². The highest BCUT2D eigenvalue weighted by Crippen LogP contribution is 2.36. The van der Waals surface area contributed by atoms with Crippen molar-refractivity contribution in [2.45, 2.75) is 31.8 Å². The first-order chi connectivity index (χ1) is 8.72. The van der Waals surface area contributed by atoms with Gasteiger partial charge in [-0.15, -0.1) is 0 Å². The minimum atomic E-state index is 0.362. The molecule has 0 amide bonds. The summed E-state index contributed by atoms with van der Waals surface area (Å²) in [6.07, 6.45) is 3.83. The molecule has 3 rings (SSSR count). The van der Waals surface area contributed by atoms with E-state index >= 15 is 0 Å². The van der Waals surface area contributed by atoms with Crippen molar-refractivity contribution in [3.63, 3.8) is 0 Å². The maximum Gasteiger partial charge on any atom is 0.115 e. The second-order valence-electron chi connectivity index (χ2n) is 5.88. The van der Waals surface area contributed by atoms with Crippen LogP contribution in [0.3, 0.4) is 0 Å². The number of nitrogens with two attached hydrogens (primary N) is 1. The fraction of sp³-hybridized carbons (Fsp3) is 0.600. The fourth-order valence-corrected chi connectivity index (χ4v) is 3.65. The quantitative estimate of drug-likeness (QED) is 0.838. The van der Waals surface area contributed by atoms with Crippen molar-refractivity contribution in [3.05, 3.63) is 29.8 Å². The number of likely N-dealkylation sites (tertiary alicyclic amines) is 1. The third-order valence-corrected chi connectivity index (χ3v) is 4.55. The molecular weight excluding hydrogens is 224 g/mol. The van der Waals surface area contributed by atoms with E-state index in [9.17, 15) is 5.11 Å². The Morgan fingerprint density at radius 2 is 2.17 bits per heavy atom. The molecule has 0 spiro atoms. The first kappa shape index (κ1) is 12.0. The number of benzene rings is 1. The SMILES string of the molecule is NC1CCCC2CN(Cc3cccc(O)c3)CC12. The van der Waals surface area contributed by atoms with Crippen molar-refractivity contribution >= 4 is 0 Å². The lowest BCUT2D eigenvalue weighted by molar-refractivity contribution is 0.259. The molecule has 1 aromatic rings. The molecule has 3 heteroatoms. The third-order valence-electron chi connectivity index (χ3n) is 4.55. The highest BCUT2D eigenvalue weighted by Gasteiger charge is 2.38. The Hall–Kier alpha value is -1.06. The van der Waals surface area contributed by atoms with Gasteiger partial charge < -0.3 is 10.8 Å². The van der Waals surface area contributed by atoms with E-state index in [-0.39, 0.29) is 0 Å². The Morgan fingerprint density at radius 1 is 1.28 bits per heavy atom. The maximum absolute atomic E-state index is 9.50. The predicted octanol–water partition coefficient (Wildman–Crippen LogP) is 1.95. The molecule has 3 atom stereocenters. The summed E-state index contributed by atoms with van der Waals surface area (Å²) in [7, 11) is 0. The van der Waals surface area contributed by atoms with E-state index in [2.05, 4.69) is 11.0 Å². The average molecular weight is 246 g/mol. The van der Waals surface area contributed by atoms with E-state index in [1.807, 2.05) is 12.1 Å². The smallest absolute Gasteiger partial charge is 0.115 e. The Kier molecular flexibility index (Phi) is 3.27. The minimum absolute atomic E-state index is 0.362. The van der Waals surface area contributed by atoms with Gasteiger partial charge in [0.1, 0.15) is 5.75 Å². The Labute approximate surface area is 109 Å². The predicted molar refractivity (Wildman–Crippen MR) is 72.2 cm³/mol. The van der Waals surface area contributed by atoms with Crippen LogP contribution in [0.2, 0.25) is 0 Å². The zero-order chi connectivity index (χ0) is 12.5. The number of phenolic OH excluding ortho intramolecular Hbond substituents is 1. The molecule has 3 N–H and O–H groups in total. The molecule has 1 aliphatic heterocycles. The molecule has 18 heavy (non-hydrogen) atoms. The second kappa shape index (κ2) is 4.90. The molecule has 3 unspecified atom stereocenters. The Morgan fingerprint density at radius 3 is 2.94 bits per heavy atom. The van der Waals surface area contributed by atoms with Gasteiger partial charge in [-0.05, 0) is 42.4 Å². The number of rotatable bonds is 2. The zero-order valence-electron chi connectivity index (χ0n) is 10.8. The van der Waals surface area contributed by atoms with Crippen LogP contribution < -0.4 is 5.73 Å². The summed E-state index contributed by atoms with van der Waals surface area (Å²) in [5.41, 5.74) is 7.43. The fourth-order valence-electron chi connectivity index (χ4n) is 3.65. The van der Waals surface area contributed by atoms with Crippen molar-refractivity contribution in [2.24, 2.45) is 17.6 Å². The summed E-state index contributed by atoms with van der Waals surface area (Å²) in [4.78, 5) is 2.50. The van der Waals surface area contributed by atoms with E-state index in [0.29, 0.717) is 17.7 Å². The van der Waals surface area contributed by atoms with Crippen molar-refractivity contribution in [2.75, 3.05) is 13.1 Å². The van der Waals surface area contributed by atoms with E-state index < -0.39 is 0 Å². The van der Waals surface area contributed by atoms with Crippen LogP contribution in [0.1, 0.15) is 24.8 Å². The molecule has 1 aromatic carbocycles. The van der Waals surface area contributed by atoms with Crippen molar-refractivity contribution in [3.8, 4) is 5.75 Å².